The second kappa shape index (κ2) is 8.03. The quantitative estimate of drug-likeness (QED) is 0.370. The summed E-state index contributed by atoms with van der Waals surface area (Å²) in [6.07, 6.45) is 0.425. The molecule has 1 atom stereocenters. The van der Waals surface area contributed by atoms with Gasteiger partial charge in [0.1, 0.15) is 5.82 Å². The number of carbonyl (C=O) groups excluding carboxylic acids is 1. The molecule has 3 aromatic carbocycles. The SMILES string of the molecule is Cc1ccccc1N1C[C@H](c2nc3ccccc3n2Cc2c(Cl)cccc2Cl)CC1=O. The summed E-state index contributed by atoms with van der Waals surface area (Å²) in [6.45, 7) is 3.14. The van der Waals surface area contributed by atoms with E-state index >= 15 is 0 Å². The molecular weight excluding hydrogens is 429 g/mol. The molecule has 2 heterocycles. The molecule has 0 aliphatic carbocycles. The van der Waals surface area contributed by atoms with Crippen molar-refractivity contribution in [2.75, 3.05) is 11.4 Å². The standard InChI is InChI=1S/C25H21Cl2N3O/c1-16-7-2-4-11-22(16)29-14-17(13-24(29)31)25-28-21-10-3-5-12-23(21)30(25)15-18-19(26)8-6-9-20(18)27/h2-12,17H,13-15H2,1H3/t17-/m1/s1. The molecule has 4 aromatic rings. The number of amides is 1. The van der Waals surface area contributed by atoms with Crippen LogP contribution >= 0.6 is 23.2 Å². The first-order valence-electron chi connectivity index (χ1n) is 10.3. The van der Waals surface area contributed by atoms with E-state index in [4.69, 9.17) is 28.2 Å². The number of carbonyl (C=O) groups is 1. The zero-order valence-electron chi connectivity index (χ0n) is 17.1. The van der Waals surface area contributed by atoms with Crippen molar-refractivity contribution >= 4 is 45.8 Å². The van der Waals surface area contributed by atoms with E-state index in [0.717, 1.165) is 33.7 Å². The molecule has 4 nitrogen and oxygen atoms in total. The first-order valence-corrected chi connectivity index (χ1v) is 11.0. The first kappa shape index (κ1) is 20.1. The Labute approximate surface area is 191 Å². The summed E-state index contributed by atoms with van der Waals surface area (Å²) in [5, 5.41) is 1.25. The molecule has 156 valence electrons. The van der Waals surface area contributed by atoms with Crippen LogP contribution < -0.4 is 4.90 Å². The van der Waals surface area contributed by atoms with E-state index in [0.29, 0.717) is 29.6 Å². The summed E-state index contributed by atoms with van der Waals surface area (Å²) in [4.78, 5) is 19.8. The van der Waals surface area contributed by atoms with Crippen LogP contribution in [0.4, 0.5) is 5.69 Å². The maximum absolute atomic E-state index is 13.0. The Morgan fingerprint density at radius 1 is 0.968 bits per heavy atom. The monoisotopic (exact) mass is 449 g/mol. The molecule has 6 heteroatoms. The maximum atomic E-state index is 13.0. The Bertz CT molecular complexity index is 1280. The van der Waals surface area contributed by atoms with E-state index in [2.05, 4.69) is 4.57 Å². The third-order valence-corrected chi connectivity index (χ3v) is 6.67. The van der Waals surface area contributed by atoms with Gasteiger partial charge >= 0.3 is 0 Å². The van der Waals surface area contributed by atoms with Gasteiger partial charge in [-0.05, 0) is 42.8 Å². The van der Waals surface area contributed by atoms with Gasteiger partial charge in [0, 0.05) is 40.2 Å². The van der Waals surface area contributed by atoms with Gasteiger partial charge in [0.25, 0.3) is 0 Å². The molecule has 1 aliphatic heterocycles. The van der Waals surface area contributed by atoms with Crippen molar-refractivity contribution in [3.63, 3.8) is 0 Å². The summed E-state index contributed by atoms with van der Waals surface area (Å²) in [7, 11) is 0. The van der Waals surface area contributed by atoms with Crippen molar-refractivity contribution < 1.29 is 4.79 Å². The molecule has 1 saturated heterocycles. The van der Waals surface area contributed by atoms with E-state index in [1.165, 1.54) is 0 Å². The average Bonchev–Trinajstić information content (AvgIpc) is 3.32. The highest BCUT2D eigenvalue weighted by atomic mass is 35.5. The largest absolute Gasteiger partial charge is 0.323 e. The van der Waals surface area contributed by atoms with Gasteiger partial charge in [0.15, 0.2) is 0 Å². The van der Waals surface area contributed by atoms with Gasteiger partial charge in [-0.2, -0.15) is 0 Å². The normalized spacial score (nSPS) is 16.4. The van der Waals surface area contributed by atoms with Gasteiger partial charge < -0.3 is 9.47 Å². The molecule has 1 aromatic heterocycles. The zero-order chi connectivity index (χ0) is 21.5. The van der Waals surface area contributed by atoms with E-state index in [9.17, 15) is 4.79 Å². The van der Waals surface area contributed by atoms with Crippen LogP contribution in [-0.2, 0) is 11.3 Å². The highest BCUT2D eigenvalue weighted by molar-refractivity contribution is 6.36. The lowest BCUT2D eigenvalue weighted by Gasteiger charge is -2.19. The van der Waals surface area contributed by atoms with E-state index in [-0.39, 0.29) is 11.8 Å². The number of para-hydroxylation sites is 3. The number of anilines is 1. The summed E-state index contributed by atoms with van der Waals surface area (Å²) in [5.41, 5.74) is 4.83. The first-order chi connectivity index (χ1) is 15.0. The number of fused-ring (bicyclic) bond motifs is 1. The minimum absolute atomic E-state index is 0.0132. The Kier molecular flexibility index (Phi) is 5.20. The molecule has 1 aliphatic rings. The van der Waals surface area contributed by atoms with Gasteiger partial charge in [-0.3, -0.25) is 4.79 Å². The van der Waals surface area contributed by atoms with Crippen molar-refractivity contribution in [1.29, 1.82) is 0 Å². The lowest BCUT2D eigenvalue weighted by molar-refractivity contribution is -0.117. The van der Waals surface area contributed by atoms with Crippen LogP contribution in [0.5, 0.6) is 0 Å². The molecular formula is C25H21Cl2N3O. The zero-order valence-corrected chi connectivity index (χ0v) is 18.6. The minimum atomic E-state index is -0.0132. The van der Waals surface area contributed by atoms with Crippen LogP contribution in [0.1, 0.15) is 29.3 Å². The number of hydrogen-bond acceptors (Lipinski definition) is 2. The third-order valence-electron chi connectivity index (χ3n) is 5.96. The summed E-state index contributed by atoms with van der Waals surface area (Å²) < 4.78 is 2.15. The predicted molar refractivity (Wildman–Crippen MR) is 126 cm³/mol. The van der Waals surface area contributed by atoms with Gasteiger partial charge in [-0.15, -0.1) is 0 Å². The van der Waals surface area contributed by atoms with Crippen molar-refractivity contribution in [1.82, 2.24) is 9.55 Å². The number of hydrogen-bond donors (Lipinski definition) is 0. The minimum Gasteiger partial charge on any atom is -0.323 e. The van der Waals surface area contributed by atoms with E-state index in [1.807, 2.05) is 78.6 Å². The fourth-order valence-corrected chi connectivity index (χ4v) is 4.91. The van der Waals surface area contributed by atoms with E-state index < -0.39 is 0 Å². The van der Waals surface area contributed by atoms with Crippen LogP contribution in [0.2, 0.25) is 10.0 Å². The second-order valence-corrected chi connectivity index (χ2v) is 8.75. The molecule has 5 rings (SSSR count). The maximum Gasteiger partial charge on any atom is 0.227 e. The summed E-state index contributed by atoms with van der Waals surface area (Å²) in [6, 6.07) is 21.6. The molecule has 31 heavy (non-hydrogen) atoms. The highest BCUT2D eigenvalue weighted by Gasteiger charge is 2.35. The smallest absolute Gasteiger partial charge is 0.227 e. The Morgan fingerprint density at radius 2 is 1.68 bits per heavy atom. The van der Waals surface area contributed by atoms with Crippen molar-refractivity contribution in [2.45, 2.75) is 25.8 Å². The van der Waals surface area contributed by atoms with E-state index in [1.54, 1.807) is 0 Å². The van der Waals surface area contributed by atoms with Gasteiger partial charge in [-0.1, -0.05) is 59.6 Å². The summed E-state index contributed by atoms with van der Waals surface area (Å²) >= 11 is 12.9. The summed E-state index contributed by atoms with van der Waals surface area (Å²) in [5.74, 6) is 0.996. The molecule has 0 bridgehead atoms. The second-order valence-electron chi connectivity index (χ2n) is 7.94. The molecule has 0 unspecified atom stereocenters. The van der Waals surface area contributed by atoms with Crippen LogP contribution in [0.15, 0.2) is 66.7 Å². The van der Waals surface area contributed by atoms with Crippen LogP contribution in [0, 0.1) is 6.92 Å². The lowest BCUT2D eigenvalue weighted by Crippen LogP contribution is -2.25. The lowest BCUT2D eigenvalue weighted by atomic mass is 10.1. The molecule has 0 radical (unpaired) electrons. The van der Waals surface area contributed by atoms with Crippen molar-refractivity contribution in [3.05, 3.63) is 93.7 Å². The van der Waals surface area contributed by atoms with Gasteiger partial charge in [0.2, 0.25) is 5.91 Å². The van der Waals surface area contributed by atoms with Crippen molar-refractivity contribution in [3.8, 4) is 0 Å². The topological polar surface area (TPSA) is 38.1 Å². The number of aromatic nitrogens is 2. The molecule has 1 amide bonds. The third kappa shape index (κ3) is 3.60. The molecule has 0 spiro atoms. The fraction of sp³-hybridized carbons (Fsp3) is 0.200. The number of nitrogens with zero attached hydrogens (tertiary/aromatic N) is 3. The average molecular weight is 450 g/mol. The Balaban J connectivity index is 1.57. The number of aryl methyl sites for hydroxylation is 1. The number of halogens is 2. The highest BCUT2D eigenvalue weighted by Crippen LogP contribution is 2.35. The van der Waals surface area contributed by atoms with Crippen LogP contribution in [0.25, 0.3) is 11.0 Å². The Hall–Kier alpha value is -2.82. The fourth-order valence-electron chi connectivity index (χ4n) is 4.39. The molecule has 0 N–H and O–H groups in total. The molecule has 0 saturated carbocycles. The van der Waals surface area contributed by atoms with Crippen LogP contribution in [-0.4, -0.2) is 22.0 Å². The Morgan fingerprint density at radius 3 is 2.45 bits per heavy atom. The van der Waals surface area contributed by atoms with Gasteiger partial charge in [-0.25, -0.2) is 4.98 Å². The number of benzene rings is 3. The number of rotatable bonds is 4. The predicted octanol–water partition coefficient (Wildman–Crippen LogP) is 6.22. The van der Waals surface area contributed by atoms with Gasteiger partial charge in [0.05, 0.1) is 17.6 Å². The number of imidazole rings is 1. The van der Waals surface area contributed by atoms with Crippen molar-refractivity contribution in [2.24, 2.45) is 0 Å². The molecule has 1 fully saturated rings. The van der Waals surface area contributed by atoms with Crippen LogP contribution in [0.3, 0.4) is 0 Å².